The minimum atomic E-state index is -0.438. The van der Waals surface area contributed by atoms with Crippen LogP contribution in [0.4, 0.5) is 0 Å². The lowest BCUT2D eigenvalue weighted by Gasteiger charge is -2.09. The third-order valence-corrected chi connectivity index (χ3v) is 6.93. The first-order valence-electron chi connectivity index (χ1n) is 8.14. The number of esters is 1. The van der Waals surface area contributed by atoms with Gasteiger partial charge in [0.15, 0.2) is 0 Å². The van der Waals surface area contributed by atoms with E-state index in [1.165, 1.54) is 23.1 Å². The van der Waals surface area contributed by atoms with Crippen LogP contribution in [0.5, 0.6) is 17.2 Å². The number of hydrogen-bond acceptors (Lipinski definition) is 6. The number of benzene rings is 2. The number of ether oxygens (including phenoxy) is 3. The second-order valence-electron chi connectivity index (χ2n) is 5.50. The second kappa shape index (κ2) is 9.05. The molecule has 1 fully saturated rings. The molecular weight excluding hydrogens is 368 g/mol. The molecule has 4 nitrogen and oxygen atoms in total. The van der Waals surface area contributed by atoms with Crippen LogP contribution in [0.3, 0.4) is 0 Å². The average molecular weight is 389 g/mol. The van der Waals surface area contributed by atoms with Crippen molar-refractivity contribution in [1.29, 1.82) is 0 Å². The van der Waals surface area contributed by atoms with Gasteiger partial charge in [-0.15, -0.1) is 23.5 Å². The summed E-state index contributed by atoms with van der Waals surface area (Å²) in [6.07, 6.45) is 3.04. The van der Waals surface area contributed by atoms with Gasteiger partial charge in [-0.05, 0) is 42.0 Å². The van der Waals surface area contributed by atoms with Crippen LogP contribution in [0.2, 0.25) is 0 Å². The van der Waals surface area contributed by atoms with Crippen LogP contribution >= 0.6 is 23.5 Å². The first kappa shape index (κ1) is 18.7. The number of thioether (sulfide) groups is 2. The first-order valence-corrected chi connectivity index (χ1v) is 10.2. The molecule has 2 aromatic rings. The zero-order valence-electron chi connectivity index (χ0n) is 14.6. The van der Waals surface area contributed by atoms with Gasteiger partial charge in [-0.25, -0.2) is 4.79 Å². The van der Waals surface area contributed by atoms with Gasteiger partial charge >= 0.3 is 5.97 Å². The molecule has 136 valence electrons. The van der Waals surface area contributed by atoms with Crippen LogP contribution in [0.1, 0.15) is 15.7 Å². The van der Waals surface area contributed by atoms with Crippen molar-refractivity contribution in [3.05, 3.63) is 59.7 Å². The van der Waals surface area contributed by atoms with Crippen LogP contribution in [0.25, 0.3) is 6.08 Å². The van der Waals surface area contributed by atoms with Gasteiger partial charge in [-0.1, -0.05) is 12.1 Å². The summed E-state index contributed by atoms with van der Waals surface area (Å²) >= 11 is 3.90. The molecule has 0 saturated carbocycles. The van der Waals surface area contributed by atoms with Crippen LogP contribution in [-0.4, -0.2) is 31.7 Å². The van der Waals surface area contributed by atoms with Crippen LogP contribution in [0.15, 0.2) is 48.5 Å². The van der Waals surface area contributed by atoms with Gasteiger partial charge in [0.05, 0.1) is 18.8 Å². The van der Waals surface area contributed by atoms with Gasteiger partial charge in [0.1, 0.15) is 17.2 Å². The molecule has 3 rings (SSSR count). The molecule has 0 aliphatic carbocycles. The molecular formula is C20H20O4S2. The summed E-state index contributed by atoms with van der Waals surface area (Å²) < 4.78 is 16.4. The Labute approximate surface area is 161 Å². The van der Waals surface area contributed by atoms with Crippen molar-refractivity contribution in [3.63, 3.8) is 0 Å². The maximum atomic E-state index is 12.1. The summed E-state index contributed by atoms with van der Waals surface area (Å²) in [4.78, 5) is 12.1. The molecule has 0 N–H and O–H groups in total. The molecule has 1 aliphatic heterocycles. The normalized spacial score (nSPS) is 14.5. The van der Waals surface area contributed by atoms with Crippen molar-refractivity contribution in [2.45, 2.75) is 4.58 Å². The van der Waals surface area contributed by atoms with E-state index in [1.807, 2.05) is 47.8 Å². The zero-order chi connectivity index (χ0) is 18.4. The molecule has 0 unspecified atom stereocenters. The molecule has 0 radical (unpaired) electrons. The molecule has 26 heavy (non-hydrogen) atoms. The van der Waals surface area contributed by atoms with Gasteiger partial charge in [0, 0.05) is 23.1 Å². The van der Waals surface area contributed by atoms with Gasteiger partial charge in [0.2, 0.25) is 0 Å². The topological polar surface area (TPSA) is 44.8 Å². The number of rotatable bonds is 6. The van der Waals surface area contributed by atoms with Gasteiger partial charge in [-0.2, -0.15) is 0 Å². The van der Waals surface area contributed by atoms with E-state index in [1.54, 1.807) is 38.5 Å². The highest BCUT2D eigenvalue weighted by Crippen LogP contribution is 2.45. The van der Waals surface area contributed by atoms with Gasteiger partial charge in [0.25, 0.3) is 0 Å². The predicted molar refractivity (Wildman–Crippen MR) is 108 cm³/mol. The summed E-state index contributed by atoms with van der Waals surface area (Å²) in [5, 5.41) is 0. The van der Waals surface area contributed by atoms with Crippen LogP contribution in [-0.2, 0) is 4.79 Å². The maximum Gasteiger partial charge on any atom is 0.336 e. The Bertz CT molecular complexity index is 781. The average Bonchev–Trinajstić information content (AvgIpc) is 3.21. The van der Waals surface area contributed by atoms with E-state index in [4.69, 9.17) is 14.2 Å². The molecule has 0 amide bonds. The maximum absolute atomic E-state index is 12.1. The van der Waals surface area contributed by atoms with Gasteiger partial charge in [-0.3, -0.25) is 0 Å². The number of methoxy groups -OCH3 is 2. The van der Waals surface area contributed by atoms with E-state index < -0.39 is 5.97 Å². The van der Waals surface area contributed by atoms with E-state index in [0.717, 1.165) is 5.56 Å². The van der Waals surface area contributed by atoms with E-state index in [-0.39, 0.29) is 0 Å². The standard InChI is InChI=1S/C20H20O4S2/c1-22-17-8-9-18(23-2)15(13-17)5-10-19(21)24-16-6-3-14(4-7-16)20-25-11-12-26-20/h3-10,13,20H,11-12H2,1-2H3/b10-5+. The van der Waals surface area contributed by atoms with Gasteiger partial charge < -0.3 is 14.2 Å². The highest BCUT2D eigenvalue weighted by atomic mass is 32.2. The zero-order valence-corrected chi connectivity index (χ0v) is 16.3. The van der Waals surface area contributed by atoms with Crippen LogP contribution in [0, 0.1) is 0 Å². The van der Waals surface area contributed by atoms with Crippen molar-refractivity contribution in [3.8, 4) is 17.2 Å². The second-order valence-corrected chi connectivity index (χ2v) is 8.23. The molecule has 6 heteroatoms. The predicted octanol–water partition coefficient (Wildman–Crippen LogP) is 4.80. The Morgan fingerprint density at radius 1 is 1.00 bits per heavy atom. The SMILES string of the molecule is COc1ccc(OC)c(/C=C/C(=O)Oc2ccc(C3SCCS3)cc2)c1. The first-order chi connectivity index (χ1) is 12.7. The van der Waals surface area contributed by atoms with E-state index in [2.05, 4.69) is 0 Å². The molecule has 1 heterocycles. The summed E-state index contributed by atoms with van der Waals surface area (Å²) in [7, 11) is 3.18. The molecule has 0 aromatic heterocycles. The Hall–Kier alpha value is -2.05. The Balaban J connectivity index is 1.64. The molecule has 2 aromatic carbocycles. The minimum Gasteiger partial charge on any atom is -0.497 e. The summed E-state index contributed by atoms with van der Waals surface area (Å²) in [5.74, 6) is 3.82. The molecule has 1 aliphatic rings. The lowest BCUT2D eigenvalue weighted by Crippen LogP contribution is -2.03. The van der Waals surface area contributed by atoms with Crippen molar-refractivity contribution in [1.82, 2.24) is 0 Å². The van der Waals surface area contributed by atoms with E-state index in [0.29, 0.717) is 21.8 Å². The van der Waals surface area contributed by atoms with Crippen molar-refractivity contribution in [2.24, 2.45) is 0 Å². The number of carbonyl (C=O) groups excluding carboxylic acids is 1. The number of carbonyl (C=O) groups is 1. The largest absolute Gasteiger partial charge is 0.497 e. The lowest BCUT2D eigenvalue weighted by atomic mass is 10.1. The van der Waals surface area contributed by atoms with Crippen LogP contribution < -0.4 is 14.2 Å². The minimum absolute atomic E-state index is 0.438. The van der Waals surface area contributed by atoms with Crippen molar-refractivity contribution in [2.75, 3.05) is 25.7 Å². The smallest absolute Gasteiger partial charge is 0.336 e. The Morgan fingerprint density at radius 2 is 1.69 bits per heavy atom. The number of hydrogen-bond donors (Lipinski definition) is 0. The molecule has 0 bridgehead atoms. The summed E-state index contributed by atoms with van der Waals surface area (Å²) in [6.45, 7) is 0. The molecule has 0 atom stereocenters. The fourth-order valence-electron chi connectivity index (χ4n) is 2.52. The highest BCUT2D eigenvalue weighted by molar-refractivity contribution is 8.19. The monoisotopic (exact) mass is 388 g/mol. The van der Waals surface area contributed by atoms with E-state index in [9.17, 15) is 4.79 Å². The fourth-order valence-corrected chi connectivity index (χ4v) is 5.38. The van der Waals surface area contributed by atoms with Crippen molar-refractivity contribution < 1.29 is 19.0 Å². The molecule has 1 saturated heterocycles. The summed E-state index contributed by atoms with van der Waals surface area (Å²) in [5.41, 5.74) is 2.00. The summed E-state index contributed by atoms with van der Waals surface area (Å²) in [6, 6.07) is 13.1. The van der Waals surface area contributed by atoms with Crippen molar-refractivity contribution >= 4 is 35.6 Å². The quantitative estimate of drug-likeness (QED) is 0.402. The van der Waals surface area contributed by atoms with E-state index >= 15 is 0 Å². The molecule has 0 spiro atoms. The third-order valence-electron chi connectivity index (χ3n) is 3.83. The Kier molecular flexibility index (Phi) is 6.52. The Morgan fingerprint density at radius 3 is 2.35 bits per heavy atom. The fraction of sp³-hybridized carbons (Fsp3) is 0.250. The third kappa shape index (κ3) is 4.77. The highest BCUT2D eigenvalue weighted by Gasteiger charge is 2.18. The lowest BCUT2D eigenvalue weighted by molar-refractivity contribution is -0.128.